The van der Waals surface area contributed by atoms with Crippen molar-refractivity contribution < 1.29 is 50.9 Å². The number of nitrogens with zero attached hydrogens (tertiary/aromatic N) is 2. The van der Waals surface area contributed by atoms with Crippen LogP contribution in [-0.4, -0.2) is 68.6 Å². The van der Waals surface area contributed by atoms with Gasteiger partial charge in [0.2, 0.25) is 0 Å². The number of aliphatic carboxylic acids is 2. The van der Waals surface area contributed by atoms with Crippen molar-refractivity contribution in [1.82, 2.24) is 20.3 Å². The Bertz CT molecular complexity index is 1200. The van der Waals surface area contributed by atoms with Gasteiger partial charge in [0, 0.05) is 28.8 Å². The first-order chi connectivity index (χ1) is 18.2. The van der Waals surface area contributed by atoms with Crippen molar-refractivity contribution in [2.75, 3.05) is 13.2 Å². The summed E-state index contributed by atoms with van der Waals surface area (Å²) in [5, 5.41) is 17.8. The monoisotopic (exact) mass is 628 g/mol. The number of hydrogen-bond acceptors (Lipinski definition) is 6. The van der Waals surface area contributed by atoms with Gasteiger partial charge >= 0.3 is 24.3 Å². The number of fused-ring (bicyclic) bond motifs is 1. The van der Waals surface area contributed by atoms with Crippen LogP contribution in [0.15, 0.2) is 41.0 Å². The lowest BCUT2D eigenvalue weighted by Gasteiger charge is -2.12. The molecule has 0 atom stereocenters. The fourth-order valence-corrected chi connectivity index (χ4v) is 3.60. The van der Waals surface area contributed by atoms with Crippen LogP contribution in [0.4, 0.5) is 26.3 Å². The molecule has 1 saturated carbocycles. The Balaban J connectivity index is 0.000000317. The number of rotatable bonds is 6. The summed E-state index contributed by atoms with van der Waals surface area (Å²) in [6, 6.07) is 10.7. The topological polar surface area (TPSA) is 137 Å². The third-order valence-electron chi connectivity index (χ3n) is 5.07. The Morgan fingerprint density at radius 1 is 1.03 bits per heavy atom. The first-order valence-corrected chi connectivity index (χ1v) is 12.0. The molecule has 2 aromatic heterocycles. The van der Waals surface area contributed by atoms with Crippen LogP contribution < -0.4 is 10.1 Å². The predicted octanol–water partition coefficient (Wildman–Crippen LogP) is 5.57. The number of aromatic amines is 1. The molecule has 1 aromatic carbocycles. The number of ether oxygens (including phenoxy) is 1. The van der Waals surface area contributed by atoms with E-state index in [4.69, 9.17) is 24.5 Å². The molecule has 0 bridgehead atoms. The standard InChI is InChI=1S/C19H21BrN4O.2C2HF3O2/c20-14-11-17-19(22-12-14)24-18(23-17)13-5-7-16(8-6-13)25-10-9-21-15-3-1-2-4-15;2*3-2(4,5)1(6)7/h5-8,11-12,15,21H,1-4,9-10H2,(H,22,23,24);2*(H,6,7). The highest BCUT2D eigenvalue weighted by molar-refractivity contribution is 9.10. The van der Waals surface area contributed by atoms with Crippen LogP contribution in [0, 0.1) is 0 Å². The van der Waals surface area contributed by atoms with Gasteiger partial charge in [0.25, 0.3) is 0 Å². The molecule has 9 nitrogen and oxygen atoms in total. The molecular formula is C23H23BrF6N4O5. The molecule has 3 aromatic rings. The number of imidazole rings is 1. The van der Waals surface area contributed by atoms with E-state index in [1.54, 1.807) is 6.20 Å². The summed E-state index contributed by atoms with van der Waals surface area (Å²) < 4.78 is 70.2. The maximum absolute atomic E-state index is 10.6. The summed E-state index contributed by atoms with van der Waals surface area (Å²) in [6.07, 6.45) is -3.08. The van der Waals surface area contributed by atoms with Gasteiger partial charge in [0.1, 0.15) is 23.7 Å². The molecule has 214 valence electrons. The van der Waals surface area contributed by atoms with E-state index < -0.39 is 24.3 Å². The average Bonchev–Trinajstić information content (AvgIpc) is 3.51. The zero-order valence-corrected chi connectivity index (χ0v) is 21.5. The fraction of sp³-hybridized carbons (Fsp3) is 0.391. The lowest BCUT2D eigenvalue weighted by Crippen LogP contribution is -2.30. The molecule has 4 rings (SSSR count). The van der Waals surface area contributed by atoms with Crippen molar-refractivity contribution in [3.63, 3.8) is 0 Å². The van der Waals surface area contributed by atoms with Gasteiger partial charge in [-0.2, -0.15) is 26.3 Å². The summed E-state index contributed by atoms with van der Waals surface area (Å²) in [7, 11) is 0. The summed E-state index contributed by atoms with van der Waals surface area (Å²) in [4.78, 5) is 30.0. The molecule has 1 aliphatic carbocycles. The van der Waals surface area contributed by atoms with Crippen LogP contribution in [0.5, 0.6) is 5.75 Å². The van der Waals surface area contributed by atoms with Crippen LogP contribution in [0.3, 0.4) is 0 Å². The summed E-state index contributed by atoms with van der Waals surface area (Å²) in [5.41, 5.74) is 2.66. The molecule has 0 radical (unpaired) electrons. The zero-order chi connectivity index (χ0) is 29.2. The molecule has 0 amide bonds. The van der Waals surface area contributed by atoms with Crippen LogP contribution in [0.1, 0.15) is 25.7 Å². The highest BCUT2D eigenvalue weighted by Gasteiger charge is 2.38. The van der Waals surface area contributed by atoms with Gasteiger partial charge in [-0.15, -0.1) is 0 Å². The van der Waals surface area contributed by atoms with Crippen LogP contribution >= 0.6 is 15.9 Å². The molecule has 39 heavy (non-hydrogen) atoms. The van der Waals surface area contributed by atoms with Crippen LogP contribution in [0.2, 0.25) is 0 Å². The lowest BCUT2D eigenvalue weighted by molar-refractivity contribution is -0.193. The zero-order valence-electron chi connectivity index (χ0n) is 19.9. The second-order valence-corrected chi connectivity index (χ2v) is 8.94. The number of carboxylic acids is 2. The number of halogens is 7. The number of benzene rings is 1. The van der Waals surface area contributed by atoms with Crippen molar-refractivity contribution in [3.8, 4) is 17.1 Å². The van der Waals surface area contributed by atoms with Gasteiger partial charge in [-0.05, 0) is 59.1 Å². The minimum atomic E-state index is -5.08. The third-order valence-corrected chi connectivity index (χ3v) is 5.51. The number of H-pyrrole nitrogens is 1. The molecule has 0 aliphatic heterocycles. The maximum atomic E-state index is 10.6. The summed E-state index contributed by atoms with van der Waals surface area (Å²) in [5.74, 6) is -3.82. The second-order valence-electron chi connectivity index (χ2n) is 8.02. The largest absolute Gasteiger partial charge is 0.492 e. The fourth-order valence-electron chi connectivity index (χ4n) is 3.28. The molecule has 0 unspecified atom stereocenters. The van der Waals surface area contributed by atoms with E-state index >= 15 is 0 Å². The third kappa shape index (κ3) is 11.1. The smallest absolute Gasteiger partial charge is 0.490 e. The minimum absolute atomic E-state index is 0.688. The van der Waals surface area contributed by atoms with E-state index in [2.05, 4.69) is 36.2 Å². The van der Waals surface area contributed by atoms with Crippen molar-refractivity contribution in [2.24, 2.45) is 0 Å². The Hall–Kier alpha value is -3.40. The first-order valence-electron chi connectivity index (χ1n) is 11.2. The van der Waals surface area contributed by atoms with Crippen molar-refractivity contribution >= 4 is 39.0 Å². The minimum Gasteiger partial charge on any atom is -0.492 e. The van der Waals surface area contributed by atoms with Crippen LogP contribution in [-0.2, 0) is 9.59 Å². The predicted molar refractivity (Wildman–Crippen MR) is 130 cm³/mol. The van der Waals surface area contributed by atoms with E-state index in [1.165, 1.54) is 25.7 Å². The van der Waals surface area contributed by atoms with E-state index in [0.717, 1.165) is 39.3 Å². The van der Waals surface area contributed by atoms with Gasteiger partial charge < -0.3 is 25.3 Å². The van der Waals surface area contributed by atoms with E-state index in [-0.39, 0.29) is 0 Å². The number of pyridine rings is 1. The normalized spacial score (nSPS) is 13.7. The Morgan fingerprint density at radius 2 is 1.56 bits per heavy atom. The average molecular weight is 629 g/mol. The molecule has 16 heteroatoms. The van der Waals surface area contributed by atoms with Gasteiger partial charge in [-0.1, -0.05) is 12.8 Å². The van der Waals surface area contributed by atoms with Gasteiger partial charge in [0.05, 0.1) is 0 Å². The van der Waals surface area contributed by atoms with Gasteiger partial charge in [-0.25, -0.2) is 19.6 Å². The molecule has 2 heterocycles. The molecular weight excluding hydrogens is 606 g/mol. The van der Waals surface area contributed by atoms with Gasteiger partial charge in [0.15, 0.2) is 5.65 Å². The summed E-state index contributed by atoms with van der Waals surface area (Å²) in [6.45, 7) is 1.59. The van der Waals surface area contributed by atoms with Gasteiger partial charge in [-0.3, -0.25) is 0 Å². The highest BCUT2D eigenvalue weighted by Crippen LogP contribution is 2.24. The van der Waals surface area contributed by atoms with E-state index in [1.807, 2.05) is 30.3 Å². The number of aromatic nitrogens is 3. The number of hydrogen-bond donors (Lipinski definition) is 4. The Kier molecular flexibility index (Phi) is 11.5. The highest BCUT2D eigenvalue weighted by atomic mass is 79.9. The molecule has 0 spiro atoms. The Morgan fingerprint density at radius 3 is 2.08 bits per heavy atom. The summed E-state index contributed by atoms with van der Waals surface area (Å²) >= 11 is 3.42. The second kappa shape index (κ2) is 14.1. The Labute approximate surface area is 225 Å². The number of carboxylic acid groups (broad SMARTS) is 2. The molecule has 1 aliphatic rings. The first kappa shape index (κ1) is 31.8. The maximum Gasteiger partial charge on any atom is 0.490 e. The number of alkyl halides is 6. The lowest BCUT2D eigenvalue weighted by atomic mass is 10.2. The molecule has 4 N–H and O–H groups in total. The van der Waals surface area contributed by atoms with Crippen molar-refractivity contribution in [1.29, 1.82) is 0 Å². The van der Waals surface area contributed by atoms with E-state index in [0.29, 0.717) is 12.6 Å². The van der Waals surface area contributed by atoms with Crippen molar-refractivity contribution in [3.05, 3.63) is 41.0 Å². The number of carbonyl (C=O) groups is 2. The molecule has 1 fully saturated rings. The number of nitrogens with one attached hydrogen (secondary N) is 2. The molecule has 0 saturated heterocycles. The van der Waals surface area contributed by atoms with Crippen molar-refractivity contribution in [2.45, 2.75) is 44.1 Å². The quantitative estimate of drug-likeness (QED) is 0.205. The van der Waals surface area contributed by atoms with E-state index in [9.17, 15) is 26.3 Å². The van der Waals surface area contributed by atoms with Crippen LogP contribution in [0.25, 0.3) is 22.6 Å². The SMILES string of the molecule is Brc1cnc2[nH]c(-c3ccc(OCCNC4CCCC4)cc3)nc2c1.O=C(O)C(F)(F)F.O=C(O)C(F)(F)F.